The minimum atomic E-state index is -3.03. The van der Waals surface area contributed by atoms with Gasteiger partial charge in [0.25, 0.3) is 5.92 Å². The molecule has 1 unspecified atom stereocenters. The van der Waals surface area contributed by atoms with Crippen LogP contribution in [0.1, 0.15) is 33.1 Å². The first-order valence-corrected chi connectivity index (χ1v) is 6.97. The molecule has 21 heavy (non-hydrogen) atoms. The van der Waals surface area contributed by atoms with Crippen LogP contribution < -0.4 is 11.1 Å². The molecule has 1 aliphatic heterocycles. The Kier molecular flexibility index (Phi) is 11.6. The van der Waals surface area contributed by atoms with Gasteiger partial charge in [0.1, 0.15) is 0 Å². The van der Waals surface area contributed by atoms with Crippen LogP contribution in [-0.2, 0) is 4.79 Å². The normalized spacial score (nSPS) is 17.6. The Morgan fingerprint density at radius 2 is 1.76 bits per heavy atom. The first-order chi connectivity index (χ1) is 8.87. The summed E-state index contributed by atoms with van der Waals surface area (Å²) in [5.41, 5.74) is 4.96. The second-order valence-electron chi connectivity index (χ2n) is 5.56. The first-order valence-electron chi connectivity index (χ1n) is 6.97. The average molecular weight is 350 g/mol. The molecule has 0 aromatic heterocycles. The zero-order valence-electron chi connectivity index (χ0n) is 12.6. The van der Waals surface area contributed by atoms with Crippen molar-refractivity contribution in [3.63, 3.8) is 0 Å². The number of piperidine rings is 1. The highest BCUT2D eigenvalue weighted by Gasteiger charge is 2.33. The third-order valence-electron chi connectivity index (χ3n) is 3.50. The summed E-state index contributed by atoms with van der Waals surface area (Å²) in [6, 6.07) is -0.325. The topological polar surface area (TPSA) is 58.4 Å². The Labute approximate surface area is 138 Å². The van der Waals surface area contributed by atoms with Crippen LogP contribution in [0.3, 0.4) is 0 Å². The third-order valence-corrected chi connectivity index (χ3v) is 3.50. The van der Waals surface area contributed by atoms with Gasteiger partial charge in [0.05, 0.1) is 19.1 Å². The highest BCUT2D eigenvalue weighted by atomic mass is 35.5. The summed E-state index contributed by atoms with van der Waals surface area (Å²) >= 11 is 0. The molecule has 0 aromatic carbocycles. The molecule has 0 aromatic rings. The zero-order chi connectivity index (χ0) is 14.5. The van der Waals surface area contributed by atoms with E-state index in [9.17, 15) is 13.6 Å². The summed E-state index contributed by atoms with van der Waals surface area (Å²) in [6.45, 7) is 4.19. The number of nitrogens with two attached hydrogens (primary N) is 1. The van der Waals surface area contributed by atoms with Crippen LogP contribution in [0, 0.1) is 5.92 Å². The lowest BCUT2D eigenvalue weighted by molar-refractivity contribution is -0.130. The van der Waals surface area contributed by atoms with E-state index in [0.717, 1.165) is 25.9 Å². The van der Waals surface area contributed by atoms with Crippen LogP contribution in [0.4, 0.5) is 8.78 Å². The summed E-state index contributed by atoms with van der Waals surface area (Å²) in [6.07, 6.45) is 3.30. The highest BCUT2D eigenvalue weighted by Crippen LogP contribution is 2.18. The maximum atomic E-state index is 13.1. The molecular formula is C13H27Cl2F2N3O. The Hall–Kier alpha value is -0.170. The number of likely N-dealkylation sites (tertiary alicyclic amines) is 1. The number of alkyl halides is 2. The van der Waals surface area contributed by atoms with Gasteiger partial charge in [-0.2, -0.15) is 0 Å². The van der Waals surface area contributed by atoms with Gasteiger partial charge >= 0.3 is 0 Å². The smallest absolute Gasteiger partial charge is 0.277 e. The summed E-state index contributed by atoms with van der Waals surface area (Å²) in [5, 5.41) is 2.34. The zero-order valence-corrected chi connectivity index (χ0v) is 14.2. The maximum Gasteiger partial charge on any atom is 0.277 e. The molecule has 3 N–H and O–H groups in total. The summed E-state index contributed by atoms with van der Waals surface area (Å²) in [5.74, 6) is -3.24. The number of hydrogen-bond donors (Lipinski definition) is 2. The monoisotopic (exact) mass is 349 g/mol. The molecule has 0 spiro atoms. The maximum absolute atomic E-state index is 13.1. The fourth-order valence-corrected chi connectivity index (χ4v) is 2.48. The molecule has 0 radical (unpaired) electrons. The van der Waals surface area contributed by atoms with E-state index in [-0.39, 0.29) is 42.7 Å². The fourth-order valence-electron chi connectivity index (χ4n) is 2.48. The van der Waals surface area contributed by atoms with Crippen molar-refractivity contribution < 1.29 is 13.6 Å². The third kappa shape index (κ3) is 7.58. The number of rotatable bonds is 6. The van der Waals surface area contributed by atoms with E-state index in [2.05, 4.69) is 10.2 Å². The number of nitrogens with one attached hydrogen (secondary N) is 1. The molecule has 1 aliphatic rings. The molecule has 1 rings (SSSR count). The molecule has 1 heterocycles. The Morgan fingerprint density at radius 1 is 1.24 bits per heavy atom. The molecule has 0 saturated carbocycles. The van der Waals surface area contributed by atoms with Crippen LogP contribution in [0.2, 0.25) is 0 Å². The molecule has 1 atom stereocenters. The number of amides is 1. The van der Waals surface area contributed by atoms with Gasteiger partial charge in [-0.05, 0) is 31.8 Å². The summed E-state index contributed by atoms with van der Waals surface area (Å²) in [7, 11) is 0. The van der Waals surface area contributed by atoms with Gasteiger partial charge in [-0.25, -0.2) is 8.78 Å². The van der Waals surface area contributed by atoms with E-state index >= 15 is 0 Å². The van der Waals surface area contributed by atoms with Crippen LogP contribution in [0.25, 0.3) is 0 Å². The van der Waals surface area contributed by atoms with Crippen molar-refractivity contribution >= 4 is 30.7 Å². The lowest BCUT2D eigenvalue weighted by Crippen LogP contribution is -2.53. The predicted molar refractivity (Wildman–Crippen MR) is 85.6 cm³/mol. The van der Waals surface area contributed by atoms with E-state index in [0.29, 0.717) is 0 Å². The number of nitrogens with zero attached hydrogens (tertiary/aromatic N) is 1. The molecular weight excluding hydrogens is 323 g/mol. The number of halogens is 4. The second-order valence-corrected chi connectivity index (χ2v) is 5.56. The van der Waals surface area contributed by atoms with E-state index in [1.165, 1.54) is 6.42 Å². The van der Waals surface area contributed by atoms with Crippen LogP contribution in [0.15, 0.2) is 0 Å². The first kappa shape index (κ1) is 23.1. The van der Waals surface area contributed by atoms with Gasteiger partial charge in [0.15, 0.2) is 0 Å². The standard InChI is InChI=1S/C13H25F2N3O.2ClH/c1-10(2)11(18-6-4-3-5-7-18)12(19)17-9-13(14,15)8-16;;/h10-11H,3-9,16H2,1-2H3,(H,17,19);2*1H. The number of hydrogen-bond acceptors (Lipinski definition) is 3. The minimum absolute atomic E-state index is 0. The van der Waals surface area contributed by atoms with Crippen LogP contribution >= 0.6 is 24.8 Å². The lowest BCUT2D eigenvalue weighted by atomic mass is 9.98. The predicted octanol–water partition coefficient (Wildman–Crippen LogP) is 2.05. The molecule has 128 valence electrons. The fraction of sp³-hybridized carbons (Fsp3) is 0.923. The number of carbonyl (C=O) groups excluding carboxylic acids is 1. The Bertz CT molecular complexity index is 301. The number of carbonyl (C=O) groups is 1. The van der Waals surface area contributed by atoms with Gasteiger partial charge in [0, 0.05) is 0 Å². The summed E-state index contributed by atoms with van der Waals surface area (Å²) in [4.78, 5) is 14.2. The van der Waals surface area contributed by atoms with E-state index in [4.69, 9.17) is 5.73 Å². The molecule has 1 fully saturated rings. The van der Waals surface area contributed by atoms with Gasteiger partial charge in [-0.3, -0.25) is 9.69 Å². The highest BCUT2D eigenvalue weighted by molar-refractivity contribution is 5.85. The van der Waals surface area contributed by atoms with Crippen molar-refractivity contribution in [2.45, 2.75) is 45.1 Å². The average Bonchev–Trinajstić information content (AvgIpc) is 2.37. The van der Waals surface area contributed by atoms with Crippen molar-refractivity contribution in [3.05, 3.63) is 0 Å². The van der Waals surface area contributed by atoms with Crippen molar-refractivity contribution in [2.75, 3.05) is 26.2 Å². The summed E-state index contributed by atoms with van der Waals surface area (Å²) < 4.78 is 26.1. The van der Waals surface area contributed by atoms with E-state index in [1.807, 2.05) is 13.8 Å². The van der Waals surface area contributed by atoms with Crippen molar-refractivity contribution in [1.82, 2.24) is 10.2 Å². The van der Waals surface area contributed by atoms with Gasteiger partial charge < -0.3 is 11.1 Å². The molecule has 1 saturated heterocycles. The van der Waals surface area contributed by atoms with Gasteiger partial charge in [0.2, 0.25) is 5.91 Å². The Balaban J connectivity index is 0. The molecule has 0 bridgehead atoms. The van der Waals surface area contributed by atoms with Crippen molar-refractivity contribution in [1.29, 1.82) is 0 Å². The largest absolute Gasteiger partial charge is 0.349 e. The van der Waals surface area contributed by atoms with Crippen LogP contribution in [0.5, 0.6) is 0 Å². The van der Waals surface area contributed by atoms with E-state index < -0.39 is 19.0 Å². The SMILES string of the molecule is CC(C)C(C(=O)NCC(F)(F)CN)N1CCCCC1.Cl.Cl. The quantitative estimate of drug-likeness (QED) is 0.771. The lowest BCUT2D eigenvalue weighted by Gasteiger charge is -2.36. The molecule has 0 aliphatic carbocycles. The molecule has 1 amide bonds. The molecule has 8 heteroatoms. The van der Waals surface area contributed by atoms with Gasteiger partial charge in [-0.15, -0.1) is 24.8 Å². The minimum Gasteiger partial charge on any atom is -0.349 e. The van der Waals surface area contributed by atoms with Crippen LogP contribution in [-0.4, -0.2) is 49.0 Å². The van der Waals surface area contributed by atoms with E-state index in [1.54, 1.807) is 0 Å². The van der Waals surface area contributed by atoms with Crippen molar-refractivity contribution in [3.8, 4) is 0 Å². The van der Waals surface area contributed by atoms with Gasteiger partial charge in [-0.1, -0.05) is 20.3 Å². The Morgan fingerprint density at radius 3 is 2.19 bits per heavy atom. The van der Waals surface area contributed by atoms with Crippen molar-refractivity contribution in [2.24, 2.45) is 11.7 Å². The second kappa shape index (κ2) is 10.5. The molecule has 4 nitrogen and oxygen atoms in total.